The van der Waals surface area contributed by atoms with Gasteiger partial charge in [-0.1, -0.05) is 11.6 Å². The number of aliphatic hydroxyl groups is 1. The highest BCUT2D eigenvalue weighted by molar-refractivity contribution is 6.32. The number of hydrogen-bond acceptors (Lipinski definition) is 3. The van der Waals surface area contributed by atoms with Gasteiger partial charge in [-0.3, -0.25) is 4.79 Å². The standard InChI is InChI=1S/C12H16ClNO3/c1-12(2,5-6-15)14-11(17)8-3-4-10(16)9(13)7-8/h3-4,7,15-16H,5-6H2,1-2H3,(H,14,17). The molecule has 0 bridgehead atoms. The van der Waals surface area contributed by atoms with E-state index in [0.29, 0.717) is 12.0 Å². The minimum atomic E-state index is -0.490. The lowest BCUT2D eigenvalue weighted by Gasteiger charge is -2.25. The Labute approximate surface area is 105 Å². The molecule has 0 atom stereocenters. The van der Waals surface area contributed by atoms with E-state index in [1.54, 1.807) is 0 Å². The normalized spacial score (nSPS) is 11.3. The van der Waals surface area contributed by atoms with Gasteiger partial charge in [0.05, 0.1) is 5.02 Å². The smallest absolute Gasteiger partial charge is 0.251 e. The summed E-state index contributed by atoms with van der Waals surface area (Å²) in [4.78, 5) is 11.9. The van der Waals surface area contributed by atoms with Crippen LogP contribution in [0, 0.1) is 0 Å². The molecule has 0 saturated carbocycles. The van der Waals surface area contributed by atoms with Crippen molar-refractivity contribution in [2.45, 2.75) is 25.8 Å². The van der Waals surface area contributed by atoms with Gasteiger partial charge in [0.25, 0.3) is 5.91 Å². The zero-order valence-electron chi connectivity index (χ0n) is 9.83. The van der Waals surface area contributed by atoms with Gasteiger partial charge in [0.2, 0.25) is 0 Å². The largest absolute Gasteiger partial charge is 0.506 e. The van der Waals surface area contributed by atoms with Crippen LogP contribution >= 0.6 is 11.6 Å². The molecule has 94 valence electrons. The molecule has 0 saturated heterocycles. The Morgan fingerprint density at radius 1 is 1.47 bits per heavy atom. The summed E-state index contributed by atoms with van der Waals surface area (Å²) in [6.45, 7) is 3.65. The second kappa shape index (κ2) is 5.38. The average Bonchev–Trinajstić information content (AvgIpc) is 2.21. The van der Waals surface area contributed by atoms with E-state index < -0.39 is 5.54 Å². The first-order valence-electron chi connectivity index (χ1n) is 5.27. The Bertz CT molecular complexity index is 418. The molecule has 0 heterocycles. The minimum absolute atomic E-state index is 0.00359. The van der Waals surface area contributed by atoms with Crippen LogP contribution in [0.15, 0.2) is 18.2 Å². The summed E-state index contributed by atoms with van der Waals surface area (Å²) in [6, 6.07) is 4.27. The van der Waals surface area contributed by atoms with Crippen molar-refractivity contribution in [2.24, 2.45) is 0 Å². The number of phenols is 1. The third kappa shape index (κ3) is 3.91. The number of carbonyl (C=O) groups excluding carboxylic acids is 1. The van der Waals surface area contributed by atoms with E-state index >= 15 is 0 Å². The third-order valence-corrected chi connectivity index (χ3v) is 2.70. The lowest BCUT2D eigenvalue weighted by Crippen LogP contribution is -2.44. The van der Waals surface area contributed by atoms with E-state index in [9.17, 15) is 9.90 Å². The van der Waals surface area contributed by atoms with Crippen molar-refractivity contribution in [2.75, 3.05) is 6.61 Å². The molecule has 1 aromatic rings. The molecule has 0 unspecified atom stereocenters. The first kappa shape index (κ1) is 13.8. The summed E-state index contributed by atoms with van der Waals surface area (Å²) in [7, 11) is 0. The molecule has 1 amide bonds. The maximum Gasteiger partial charge on any atom is 0.251 e. The van der Waals surface area contributed by atoms with E-state index in [-0.39, 0.29) is 23.3 Å². The molecule has 3 N–H and O–H groups in total. The Morgan fingerprint density at radius 3 is 2.65 bits per heavy atom. The highest BCUT2D eigenvalue weighted by atomic mass is 35.5. The summed E-state index contributed by atoms with van der Waals surface area (Å²) < 4.78 is 0. The predicted molar refractivity (Wildman–Crippen MR) is 66.4 cm³/mol. The van der Waals surface area contributed by atoms with Gasteiger partial charge in [0.15, 0.2) is 0 Å². The van der Waals surface area contributed by atoms with Crippen LogP contribution in [0.5, 0.6) is 5.75 Å². The fraction of sp³-hybridized carbons (Fsp3) is 0.417. The van der Waals surface area contributed by atoms with Crippen molar-refractivity contribution in [3.63, 3.8) is 0 Å². The molecule has 0 aliphatic heterocycles. The maximum absolute atomic E-state index is 11.9. The van der Waals surface area contributed by atoms with Gasteiger partial charge >= 0.3 is 0 Å². The van der Waals surface area contributed by atoms with E-state index in [1.807, 2.05) is 13.8 Å². The van der Waals surface area contributed by atoms with Gasteiger partial charge in [0, 0.05) is 17.7 Å². The number of rotatable bonds is 4. The highest BCUT2D eigenvalue weighted by Gasteiger charge is 2.20. The van der Waals surface area contributed by atoms with Crippen LogP contribution in [0.2, 0.25) is 5.02 Å². The van der Waals surface area contributed by atoms with Crippen molar-refractivity contribution < 1.29 is 15.0 Å². The molecule has 0 aromatic heterocycles. The van der Waals surface area contributed by atoms with Gasteiger partial charge in [-0.2, -0.15) is 0 Å². The molecule has 0 spiro atoms. The van der Waals surface area contributed by atoms with Gasteiger partial charge in [-0.15, -0.1) is 0 Å². The van der Waals surface area contributed by atoms with Crippen LogP contribution in [-0.2, 0) is 0 Å². The van der Waals surface area contributed by atoms with Gasteiger partial charge < -0.3 is 15.5 Å². The molecule has 0 radical (unpaired) electrons. The third-order valence-electron chi connectivity index (χ3n) is 2.40. The van der Waals surface area contributed by atoms with Crippen molar-refractivity contribution in [1.82, 2.24) is 5.32 Å². The predicted octanol–water partition coefficient (Wildman–Crippen LogP) is 1.94. The number of halogens is 1. The quantitative estimate of drug-likeness (QED) is 0.772. The topological polar surface area (TPSA) is 69.6 Å². The van der Waals surface area contributed by atoms with Crippen molar-refractivity contribution in [3.8, 4) is 5.75 Å². The summed E-state index contributed by atoms with van der Waals surface area (Å²) in [5, 5.41) is 21.0. The summed E-state index contributed by atoms with van der Waals surface area (Å²) in [5.41, 5.74) is -0.116. The molecular formula is C12H16ClNO3. The first-order valence-corrected chi connectivity index (χ1v) is 5.65. The zero-order valence-corrected chi connectivity index (χ0v) is 10.6. The Morgan fingerprint density at radius 2 is 2.12 bits per heavy atom. The van der Waals surface area contributed by atoms with Crippen LogP contribution in [0.3, 0.4) is 0 Å². The Hall–Kier alpha value is -1.26. The fourth-order valence-corrected chi connectivity index (χ4v) is 1.55. The molecule has 0 aliphatic carbocycles. The molecule has 1 rings (SSSR count). The number of amides is 1. The summed E-state index contributed by atoms with van der Waals surface area (Å²) in [6.07, 6.45) is 0.463. The second-order valence-corrected chi connectivity index (χ2v) is 4.89. The lowest BCUT2D eigenvalue weighted by atomic mass is 10.0. The number of aromatic hydroxyl groups is 1. The van der Waals surface area contributed by atoms with Crippen LogP contribution in [0.25, 0.3) is 0 Å². The summed E-state index contributed by atoms with van der Waals surface area (Å²) >= 11 is 5.72. The van der Waals surface area contributed by atoms with Gasteiger partial charge in [-0.25, -0.2) is 0 Å². The van der Waals surface area contributed by atoms with Crippen molar-refractivity contribution in [3.05, 3.63) is 28.8 Å². The van der Waals surface area contributed by atoms with E-state index in [2.05, 4.69) is 5.32 Å². The van der Waals surface area contributed by atoms with Crippen LogP contribution in [0.1, 0.15) is 30.6 Å². The van der Waals surface area contributed by atoms with Gasteiger partial charge in [0.1, 0.15) is 5.75 Å². The van der Waals surface area contributed by atoms with Crippen molar-refractivity contribution in [1.29, 1.82) is 0 Å². The van der Waals surface area contributed by atoms with Crippen LogP contribution < -0.4 is 5.32 Å². The number of nitrogens with one attached hydrogen (secondary N) is 1. The zero-order chi connectivity index (χ0) is 13.1. The van der Waals surface area contributed by atoms with E-state index in [1.165, 1.54) is 18.2 Å². The monoisotopic (exact) mass is 257 g/mol. The van der Waals surface area contributed by atoms with E-state index in [4.69, 9.17) is 16.7 Å². The molecular weight excluding hydrogens is 242 g/mol. The number of phenolic OH excluding ortho intramolecular Hbond substituents is 1. The number of aliphatic hydroxyl groups excluding tert-OH is 1. The number of benzene rings is 1. The molecule has 17 heavy (non-hydrogen) atoms. The number of hydrogen-bond donors (Lipinski definition) is 3. The molecule has 1 aromatic carbocycles. The fourth-order valence-electron chi connectivity index (χ4n) is 1.37. The Kier molecular flexibility index (Phi) is 4.37. The van der Waals surface area contributed by atoms with Crippen LogP contribution in [0.4, 0.5) is 0 Å². The molecule has 0 fully saturated rings. The molecule has 0 aliphatic rings. The lowest BCUT2D eigenvalue weighted by molar-refractivity contribution is 0.0899. The van der Waals surface area contributed by atoms with E-state index in [0.717, 1.165) is 0 Å². The second-order valence-electron chi connectivity index (χ2n) is 4.48. The van der Waals surface area contributed by atoms with Gasteiger partial charge in [-0.05, 0) is 38.5 Å². The molecule has 4 nitrogen and oxygen atoms in total. The molecule has 5 heteroatoms. The van der Waals surface area contributed by atoms with Crippen LogP contribution in [-0.4, -0.2) is 28.3 Å². The average molecular weight is 258 g/mol. The maximum atomic E-state index is 11.9. The first-order chi connectivity index (χ1) is 7.85. The highest BCUT2D eigenvalue weighted by Crippen LogP contribution is 2.23. The van der Waals surface area contributed by atoms with Crippen molar-refractivity contribution >= 4 is 17.5 Å². The SMILES string of the molecule is CC(C)(CCO)NC(=O)c1ccc(O)c(Cl)c1. The minimum Gasteiger partial charge on any atom is -0.506 e. The summed E-state index contributed by atoms with van der Waals surface area (Å²) in [5.74, 6) is -0.344. The Balaban J connectivity index is 2.80. The number of carbonyl (C=O) groups is 1.